The van der Waals surface area contributed by atoms with E-state index in [0.717, 1.165) is 16.8 Å². The number of rotatable bonds is 2. The molecule has 3 heteroatoms. The summed E-state index contributed by atoms with van der Waals surface area (Å²) in [4.78, 5) is 4.19. The van der Waals surface area contributed by atoms with Gasteiger partial charge in [-0.2, -0.15) is 0 Å². The van der Waals surface area contributed by atoms with Crippen LogP contribution in [0, 0.1) is 6.92 Å². The standard InChI is InChI=1S/C13H13NO2/c1-9-10(3-2-6-14-9)7-11-4-5-12(15)8-13(11)16/h2-6,8,15-16H,7H2,1H3. The normalized spacial score (nSPS) is 10.3. The van der Waals surface area contributed by atoms with Crippen LogP contribution in [0.2, 0.25) is 0 Å². The first-order chi connectivity index (χ1) is 7.66. The second-order valence-corrected chi connectivity index (χ2v) is 3.74. The van der Waals surface area contributed by atoms with Crippen molar-refractivity contribution in [1.29, 1.82) is 0 Å². The SMILES string of the molecule is Cc1ncccc1Cc1ccc(O)cc1O. The van der Waals surface area contributed by atoms with Crippen molar-refractivity contribution in [2.45, 2.75) is 13.3 Å². The monoisotopic (exact) mass is 215 g/mol. The van der Waals surface area contributed by atoms with Crippen LogP contribution >= 0.6 is 0 Å². The Morgan fingerprint density at radius 3 is 2.62 bits per heavy atom. The van der Waals surface area contributed by atoms with Gasteiger partial charge in [0.25, 0.3) is 0 Å². The number of aromatic hydroxyl groups is 2. The van der Waals surface area contributed by atoms with E-state index in [-0.39, 0.29) is 11.5 Å². The van der Waals surface area contributed by atoms with Crippen LogP contribution in [0.4, 0.5) is 0 Å². The van der Waals surface area contributed by atoms with E-state index in [2.05, 4.69) is 4.98 Å². The zero-order valence-corrected chi connectivity index (χ0v) is 9.01. The van der Waals surface area contributed by atoms with Gasteiger partial charge in [-0.15, -0.1) is 0 Å². The molecule has 1 aromatic carbocycles. The Hall–Kier alpha value is -2.03. The number of phenols is 2. The van der Waals surface area contributed by atoms with Gasteiger partial charge in [0, 0.05) is 24.4 Å². The summed E-state index contributed by atoms with van der Waals surface area (Å²) in [6, 6.07) is 8.49. The molecule has 3 nitrogen and oxygen atoms in total. The first kappa shape index (κ1) is 10.5. The summed E-state index contributed by atoms with van der Waals surface area (Å²) in [5, 5.41) is 18.8. The Labute approximate surface area is 94.0 Å². The summed E-state index contributed by atoms with van der Waals surface area (Å²) >= 11 is 0. The minimum Gasteiger partial charge on any atom is -0.508 e. The first-order valence-electron chi connectivity index (χ1n) is 5.08. The third-order valence-corrected chi connectivity index (χ3v) is 2.57. The molecule has 0 fully saturated rings. The van der Waals surface area contributed by atoms with Crippen LogP contribution in [0.3, 0.4) is 0 Å². The number of aryl methyl sites for hydroxylation is 1. The molecule has 82 valence electrons. The zero-order valence-electron chi connectivity index (χ0n) is 9.01. The van der Waals surface area contributed by atoms with Crippen molar-refractivity contribution in [3.63, 3.8) is 0 Å². The number of hydrogen-bond donors (Lipinski definition) is 2. The van der Waals surface area contributed by atoms with Crippen LogP contribution in [0.15, 0.2) is 36.5 Å². The van der Waals surface area contributed by atoms with E-state index in [4.69, 9.17) is 0 Å². The molecule has 0 aliphatic heterocycles. The lowest BCUT2D eigenvalue weighted by molar-refractivity contribution is 0.447. The molecule has 1 aromatic heterocycles. The van der Waals surface area contributed by atoms with Crippen LogP contribution in [-0.2, 0) is 6.42 Å². The molecule has 0 aliphatic carbocycles. The third-order valence-electron chi connectivity index (χ3n) is 2.57. The summed E-state index contributed by atoms with van der Waals surface area (Å²) in [7, 11) is 0. The quantitative estimate of drug-likeness (QED) is 0.808. The number of phenolic OH excluding ortho intramolecular Hbond substituents is 2. The van der Waals surface area contributed by atoms with Crippen molar-refractivity contribution in [3.8, 4) is 11.5 Å². The van der Waals surface area contributed by atoms with Crippen molar-refractivity contribution in [1.82, 2.24) is 4.98 Å². The average Bonchev–Trinajstić information content (AvgIpc) is 2.25. The smallest absolute Gasteiger partial charge is 0.122 e. The van der Waals surface area contributed by atoms with Gasteiger partial charge in [-0.05, 0) is 30.2 Å². The van der Waals surface area contributed by atoms with Crippen LogP contribution in [0.5, 0.6) is 11.5 Å². The molecular weight excluding hydrogens is 202 g/mol. The molecule has 1 heterocycles. The zero-order chi connectivity index (χ0) is 11.5. The fraction of sp³-hybridized carbons (Fsp3) is 0.154. The van der Waals surface area contributed by atoms with E-state index >= 15 is 0 Å². The van der Waals surface area contributed by atoms with Gasteiger partial charge in [0.05, 0.1) is 0 Å². The summed E-state index contributed by atoms with van der Waals surface area (Å²) in [6.07, 6.45) is 2.36. The average molecular weight is 215 g/mol. The molecule has 0 radical (unpaired) electrons. The number of aromatic nitrogens is 1. The minimum absolute atomic E-state index is 0.0733. The lowest BCUT2D eigenvalue weighted by atomic mass is 10.0. The summed E-state index contributed by atoms with van der Waals surface area (Å²) in [5.74, 6) is 0.187. The highest BCUT2D eigenvalue weighted by Crippen LogP contribution is 2.25. The lowest BCUT2D eigenvalue weighted by Crippen LogP contribution is -1.94. The molecule has 0 saturated heterocycles. The van der Waals surface area contributed by atoms with Gasteiger partial charge in [0.2, 0.25) is 0 Å². The highest BCUT2D eigenvalue weighted by atomic mass is 16.3. The molecular formula is C13H13NO2. The van der Waals surface area contributed by atoms with Gasteiger partial charge in [0.15, 0.2) is 0 Å². The second kappa shape index (κ2) is 4.23. The third kappa shape index (κ3) is 2.14. The Morgan fingerprint density at radius 2 is 1.94 bits per heavy atom. The topological polar surface area (TPSA) is 53.4 Å². The largest absolute Gasteiger partial charge is 0.508 e. The molecule has 2 rings (SSSR count). The van der Waals surface area contributed by atoms with E-state index in [1.807, 2.05) is 19.1 Å². The van der Waals surface area contributed by atoms with Crippen LogP contribution in [-0.4, -0.2) is 15.2 Å². The first-order valence-corrected chi connectivity index (χ1v) is 5.08. The van der Waals surface area contributed by atoms with Gasteiger partial charge in [-0.25, -0.2) is 0 Å². The number of hydrogen-bond acceptors (Lipinski definition) is 3. The minimum atomic E-state index is 0.0733. The fourth-order valence-electron chi connectivity index (χ4n) is 1.61. The van der Waals surface area contributed by atoms with E-state index < -0.39 is 0 Å². The van der Waals surface area contributed by atoms with Gasteiger partial charge in [-0.1, -0.05) is 12.1 Å². The van der Waals surface area contributed by atoms with Gasteiger partial charge in [-0.3, -0.25) is 4.98 Å². The molecule has 16 heavy (non-hydrogen) atoms. The van der Waals surface area contributed by atoms with Gasteiger partial charge >= 0.3 is 0 Å². The van der Waals surface area contributed by atoms with Crippen molar-refractivity contribution in [3.05, 3.63) is 53.3 Å². The molecule has 2 aromatic rings. The molecule has 0 saturated carbocycles. The highest BCUT2D eigenvalue weighted by Gasteiger charge is 2.05. The molecule has 0 atom stereocenters. The summed E-state index contributed by atoms with van der Waals surface area (Å²) in [6.45, 7) is 1.94. The van der Waals surface area contributed by atoms with Crippen molar-refractivity contribution >= 4 is 0 Å². The summed E-state index contributed by atoms with van der Waals surface area (Å²) in [5.41, 5.74) is 2.81. The predicted molar refractivity (Wildman–Crippen MR) is 61.6 cm³/mol. The number of nitrogens with zero attached hydrogens (tertiary/aromatic N) is 1. The molecule has 0 spiro atoms. The van der Waals surface area contributed by atoms with Crippen molar-refractivity contribution in [2.24, 2.45) is 0 Å². The molecule has 0 amide bonds. The molecule has 0 unspecified atom stereocenters. The van der Waals surface area contributed by atoms with Crippen LogP contribution in [0.1, 0.15) is 16.8 Å². The van der Waals surface area contributed by atoms with Crippen LogP contribution < -0.4 is 0 Å². The summed E-state index contributed by atoms with van der Waals surface area (Å²) < 4.78 is 0. The van der Waals surface area contributed by atoms with Crippen molar-refractivity contribution in [2.75, 3.05) is 0 Å². The van der Waals surface area contributed by atoms with E-state index in [9.17, 15) is 10.2 Å². The second-order valence-electron chi connectivity index (χ2n) is 3.74. The molecule has 0 bridgehead atoms. The number of pyridine rings is 1. The fourth-order valence-corrected chi connectivity index (χ4v) is 1.61. The maximum atomic E-state index is 9.66. The Kier molecular flexibility index (Phi) is 2.77. The maximum Gasteiger partial charge on any atom is 0.122 e. The number of benzene rings is 1. The highest BCUT2D eigenvalue weighted by molar-refractivity contribution is 5.42. The predicted octanol–water partition coefficient (Wildman–Crippen LogP) is 2.39. The van der Waals surface area contributed by atoms with Crippen molar-refractivity contribution < 1.29 is 10.2 Å². The van der Waals surface area contributed by atoms with E-state index in [1.165, 1.54) is 6.07 Å². The maximum absolute atomic E-state index is 9.66. The Balaban J connectivity index is 2.31. The molecule has 2 N–H and O–H groups in total. The molecule has 0 aliphatic rings. The van der Waals surface area contributed by atoms with Gasteiger partial charge in [0.1, 0.15) is 11.5 Å². The lowest BCUT2D eigenvalue weighted by Gasteiger charge is -2.07. The van der Waals surface area contributed by atoms with E-state index in [0.29, 0.717) is 6.42 Å². The van der Waals surface area contributed by atoms with E-state index in [1.54, 1.807) is 18.3 Å². The Bertz CT molecular complexity index is 509. The van der Waals surface area contributed by atoms with Crippen LogP contribution in [0.25, 0.3) is 0 Å². The Morgan fingerprint density at radius 1 is 1.12 bits per heavy atom. The van der Waals surface area contributed by atoms with Gasteiger partial charge < -0.3 is 10.2 Å².